The molecule has 5 nitrogen and oxygen atoms in total. The zero-order chi connectivity index (χ0) is 20.6. The third kappa shape index (κ3) is 6.29. The van der Waals surface area contributed by atoms with Crippen LogP contribution in [0.25, 0.3) is 0 Å². The molecule has 0 N–H and O–H groups in total. The molecule has 1 saturated heterocycles. The van der Waals surface area contributed by atoms with Gasteiger partial charge in [0.2, 0.25) is 11.8 Å². The highest BCUT2D eigenvalue weighted by atomic mass is 35.5. The van der Waals surface area contributed by atoms with Gasteiger partial charge < -0.3 is 14.5 Å². The molecule has 1 unspecified atom stereocenters. The lowest BCUT2D eigenvalue weighted by atomic mass is 10.2. The van der Waals surface area contributed by atoms with Crippen molar-refractivity contribution in [1.29, 1.82) is 0 Å². The average Bonchev–Trinajstić information content (AvgIpc) is 3.39. The molecule has 1 aliphatic heterocycles. The summed E-state index contributed by atoms with van der Waals surface area (Å²) in [6.45, 7) is 4.22. The Morgan fingerprint density at radius 3 is 2.55 bits per heavy atom. The van der Waals surface area contributed by atoms with Gasteiger partial charge in [-0.15, -0.1) is 22.9 Å². The van der Waals surface area contributed by atoms with Crippen LogP contribution in [0.2, 0.25) is 0 Å². The van der Waals surface area contributed by atoms with Crippen LogP contribution in [0.15, 0.2) is 41.8 Å². The highest BCUT2D eigenvalue weighted by Gasteiger charge is 2.26. The standard InChI is InChI=1S/C22H27ClN2O3S/c1-17-9-11-29-20(17)15-24(13-18-6-3-2-4-7-18)22(27)16-25(21(26)12-23)14-19-8-5-10-28-19/h2-4,6-7,9,11,19H,5,8,10,12-16H2,1H3. The molecule has 0 radical (unpaired) electrons. The minimum atomic E-state index is -0.234. The van der Waals surface area contributed by atoms with E-state index in [-0.39, 0.29) is 30.3 Å². The van der Waals surface area contributed by atoms with Crippen LogP contribution in [0, 0.1) is 6.92 Å². The molecule has 0 bridgehead atoms. The Morgan fingerprint density at radius 1 is 1.14 bits per heavy atom. The van der Waals surface area contributed by atoms with Crippen molar-refractivity contribution >= 4 is 34.8 Å². The zero-order valence-corrected chi connectivity index (χ0v) is 18.3. The lowest BCUT2D eigenvalue weighted by Gasteiger charge is -2.29. The van der Waals surface area contributed by atoms with E-state index >= 15 is 0 Å². The Balaban J connectivity index is 1.73. The van der Waals surface area contributed by atoms with Crippen molar-refractivity contribution in [3.05, 3.63) is 57.8 Å². The Morgan fingerprint density at radius 2 is 1.93 bits per heavy atom. The van der Waals surface area contributed by atoms with Crippen LogP contribution in [0.4, 0.5) is 0 Å². The molecule has 0 aliphatic carbocycles. The van der Waals surface area contributed by atoms with Crippen LogP contribution >= 0.6 is 22.9 Å². The number of ether oxygens (including phenoxy) is 1. The predicted molar refractivity (Wildman–Crippen MR) is 116 cm³/mol. The number of thiophene rings is 1. The van der Waals surface area contributed by atoms with Gasteiger partial charge in [-0.2, -0.15) is 0 Å². The van der Waals surface area contributed by atoms with Crippen molar-refractivity contribution in [2.24, 2.45) is 0 Å². The molecule has 1 fully saturated rings. The summed E-state index contributed by atoms with van der Waals surface area (Å²) in [7, 11) is 0. The van der Waals surface area contributed by atoms with E-state index in [9.17, 15) is 9.59 Å². The number of halogens is 1. The summed E-state index contributed by atoms with van der Waals surface area (Å²) in [6, 6.07) is 12.0. The molecule has 156 valence electrons. The van der Waals surface area contributed by atoms with Crippen LogP contribution in [0.3, 0.4) is 0 Å². The maximum Gasteiger partial charge on any atom is 0.242 e. The molecule has 2 aromatic rings. The largest absolute Gasteiger partial charge is 0.376 e. The van der Waals surface area contributed by atoms with Crippen LogP contribution in [-0.2, 0) is 27.4 Å². The monoisotopic (exact) mass is 434 g/mol. The van der Waals surface area contributed by atoms with Gasteiger partial charge in [0, 0.05) is 24.6 Å². The highest BCUT2D eigenvalue weighted by Crippen LogP contribution is 2.20. The summed E-state index contributed by atoms with van der Waals surface area (Å²) in [6.07, 6.45) is 1.87. The quantitative estimate of drug-likeness (QED) is 0.563. The zero-order valence-electron chi connectivity index (χ0n) is 16.7. The Bertz CT molecular complexity index is 805. The van der Waals surface area contributed by atoms with E-state index in [0.29, 0.717) is 26.2 Å². The first-order chi connectivity index (χ1) is 14.1. The molecule has 1 atom stereocenters. The van der Waals surface area contributed by atoms with Crippen LogP contribution < -0.4 is 0 Å². The van der Waals surface area contributed by atoms with Crippen LogP contribution in [-0.4, -0.2) is 53.3 Å². The first-order valence-electron chi connectivity index (χ1n) is 9.87. The van der Waals surface area contributed by atoms with Gasteiger partial charge in [0.15, 0.2) is 0 Å². The lowest BCUT2D eigenvalue weighted by Crippen LogP contribution is -2.45. The number of carbonyl (C=O) groups is 2. The third-order valence-corrected chi connectivity index (χ3v) is 6.35. The number of alkyl halides is 1. The van der Waals surface area contributed by atoms with E-state index in [1.165, 1.54) is 5.56 Å². The maximum absolute atomic E-state index is 13.2. The Kier molecular flexibility index (Phi) is 8.09. The summed E-state index contributed by atoms with van der Waals surface area (Å²) in [5.74, 6) is -0.455. The van der Waals surface area contributed by atoms with Gasteiger partial charge in [-0.25, -0.2) is 0 Å². The number of benzene rings is 1. The smallest absolute Gasteiger partial charge is 0.242 e. The van der Waals surface area contributed by atoms with Gasteiger partial charge in [0.1, 0.15) is 5.88 Å². The molecule has 0 saturated carbocycles. The molecule has 1 aromatic carbocycles. The number of nitrogens with zero attached hydrogens (tertiary/aromatic N) is 2. The van der Waals surface area contributed by atoms with E-state index < -0.39 is 0 Å². The van der Waals surface area contributed by atoms with Gasteiger partial charge in [-0.3, -0.25) is 9.59 Å². The second-order valence-electron chi connectivity index (χ2n) is 7.31. The van der Waals surface area contributed by atoms with Gasteiger partial charge in [0.25, 0.3) is 0 Å². The van der Waals surface area contributed by atoms with Crippen LogP contribution in [0.5, 0.6) is 0 Å². The van der Waals surface area contributed by atoms with E-state index in [0.717, 1.165) is 23.3 Å². The van der Waals surface area contributed by atoms with Crippen molar-refractivity contribution in [2.45, 2.75) is 39.0 Å². The molecule has 0 spiro atoms. The van der Waals surface area contributed by atoms with Gasteiger partial charge in [-0.05, 0) is 42.3 Å². The molecule has 2 heterocycles. The fraction of sp³-hybridized carbons (Fsp3) is 0.455. The number of hydrogen-bond acceptors (Lipinski definition) is 4. The van der Waals surface area contributed by atoms with E-state index in [1.807, 2.05) is 40.6 Å². The molecule has 1 aromatic heterocycles. The van der Waals surface area contributed by atoms with Crippen molar-refractivity contribution in [3.8, 4) is 0 Å². The number of carbonyl (C=O) groups excluding carboxylic acids is 2. The van der Waals surface area contributed by atoms with Crippen LogP contribution in [0.1, 0.15) is 28.8 Å². The minimum Gasteiger partial charge on any atom is -0.376 e. The van der Waals surface area contributed by atoms with Gasteiger partial charge in [0.05, 0.1) is 19.2 Å². The number of aryl methyl sites for hydroxylation is 1. The Labute approximate surface area is 181 Å². The molecule has 7 heteroatoms. The molecular formula is C22H27ClN2O3S. The number of amides is 2. The fourth-order valence-corrected chi connectivity index (χ4v) is 4.50. The molecule has 29 heavy (non-hydrogen) atoms. The number of rotatable bonds is 9. The van der Waals surface area contributed by atoms with Crippen molar-refractivity contribution in [2.75, 3.05) is 25.6 Å². The molecular weight excluding hydrogens is 408 g/mol. The number of hydrogen-bond donors (Lipinski definition) is 0. The first-order valence-corrected chi connectivity index (χ1v) is 11.3. The second-order valence-corrected chi connectivity index (χ2v) is 8.57. The summed E-state index contributed by atoms with van der Waals surface area (Å²) in [4.78, 5) is 30.1. The van der Waals surface area contributed by atoms with E-state index in [1.54, 1.807) is 16.2 Å². The summed E-state index contributed by atoms with van der Waals surface area (Å²) >= 11 is 7.45. The summed E-state index contributed by atoms with van der Waals surface area (Å²) < 4.78 is 5.66. The fourth-order valence-electron chi connectivity index (χ4n) is 3.41. The SMILES string of the molecule is Cc1ccsc1CN(Cc1ccccc1)C(=O)CN(CC1CCCO1)C(=O)CCl. The van der Waals surface area contributed by atoms with Gasteiger partial charge >= 0.3 is 0 Å². The summed E-state index contributed by atoms with van der Waals surface area (Å²) in [5, 5.41) is 2.04. The van der Waals surface area contributed by atoms with Crippen molar-refractivity contribution in [1.82, 2.24) is 9.80 Å². The normalized spacial score (nSPS) is 16.0. The predicted octanol–water partition coefficient (Wildman–Crippen LogP) is 3.83. The average molecular weight is 435 g/mol. The lowest BCUT2D eigenvalue weighted by molar-refractivity contribution is -0.141. The summed E-state index contributed by atoms with van der Waals surface area (Å²) in [5.41, 5.74) is 2.23. The highest BCUT2D eigenvalue weighted by molar-refractivity contribution is 7.10. The minimum absolute atomic E-state index is 0.0165. The topological polar surface area (TPSA) is 49.9 Å². The second kappa shape index (κ2) is 10.8. The van der Waals surface area contributed by atoms with E-state index in [4.69, 9.17) is 16.3 Å². The van der Waals surface area contributed by atoms with Gasteiger partial charge in [-0.1, -0.05) is 30.3 Å². The maximum atomic E-state index is 13.2. The molecule has 3 rings (SSSR count). The molecule has 2 amide bonds. The van der Waals surface area contributed by atoms with Crippen molar-refractivity contribution < 1.29 is 14.3 Å². The molecule has 1 aliphatic rings. The Hall–Kier alpha value is -1.89. The van der Waals surface area contributed by atoms with E-state index in [2.05, 4.69) is 13.0 Å². The van der Waals surface area contributed by atoms with Crippen molar-refractivity contribution in [3.63, 3.8) is 0 Å². The first kappa shape index (κ1) is 21.8. The third-order valence-electron chi connectivity index (χ3n) is 5.11.